The number of nitrogen functional groups attached to an aromatic ring is 1. The zero-order valence-electron chi connectivity index (χ0n) is 8.97. The normalized spacial score (nSPS) is 11.8. The summed E-state index contributed by atoms with van der Waals surface area (Å²) in [5.74, 6) is 0.453. The average molecular weight is 222 g/mol. The zero-order chi connectivity index (χ0) is 12.0. The van der Waals surface area contributed by atoms with Gasteiger partial charge in [0.15, 0.2) is 0 Å². The summed E-state index contributed by atoms with van der Waals surface area (Å²) in [4.78, 5) is 3.97. The number of nitriles is 1. The molecule has 6 nitrogen and oxygen atoms in total. The molecule has 1 aromatic rings. The van der Waals surface area contributed by atoms with Crippen molar-refractivity contribution < 1.29 is 9.84 Å². The van der Waals surface area contributed by atoms with Crippen molar-refractivity contribution in [1.82, 2.24) is 4.98 Å². The molecule has 0 spiro atoms. The Labute approximate surface area is 93.7 Å². The highest BCUT2D eigenvalue weighted by atomic mass is 16.5. The molecule has 0 fully saturated rings. The molecule has 0 aliphatic carbocycles. The van der Waals surface area contributed by atoms with Crippen molar-refractivity contribution in [2.75, 3.05) is 31.3 Å². The van der Waals surface area contributed by atoms with Gasteiger partial charge in [0.25, 0.3) is 0 Å². The molecule has 0 aliphatic heterocycles. The maximum atomic E-state index is 9.39. The van der Waals surface area contributed by atoms with Crippen molar-refractivity contribution in [3.8, 4) is 6.07 Å². The molecule has 4 N–H and O–H groups in total. The van der Waals surface area contributed by atoms with Crippen molar-refractivity contribution in [2.45, 2.75) is 6.10 Å². The van der Waals surface area contributed by atoms with Crippen LogP contribution in [0, 0.1) is 11.3 Å². The maximum absolute atomic E-state index is 9.39. The molecule has 0 saturated carbocycles. The molecule has 1 atom stereocenters. The summed E-state index contributed by atoms with van der Waals surface area (Å²) in [5.41, 5.74) is 6.45. The SMILES string of the molecule is COCC(O)CNc1ncc(C#N)cc1N. The van der Waals surface area contributed by atoms with Gasteiger partial charge in [0, 0.05) is 19.9 Å². The number of nitrogens with one attached hydrogen (secondary N) is 1. The van der Waals surface area contributed by atoms with Crippen LogP contribution in [0.2, 0.25) is 0 Å². The van der Waals surface area contributed by atoms with Crippen molar-refractivity contribution in [2.24, 2.45) is 0 Å². The first-order valence-electron chi connectivity index (χ1n) is 4.74. The van der Waals surface area contributed by atoms with Gasteiger partial charge in [-0.05, 0) is 6.07 Å². The van der Waals surface area contributed by atoms with E-state index < -0.39 is 6.10 Å². The van der Waals surface area contributed by atoms with Crippen LogP contribution in [-0.2, 0) is 4.74 Å². The molecular formula is C10H14N4O2. The molecule has 0 aliphatic rings. The third kappa shape index (κ3) is 3.38. The summed E-state index contributed by atoms with van der Waals surface area (Å²) in [6, 6.07) is 3.47. The van der Waals surface area contributed by atoms with Crippen molar-refractivity contribution in [3.05, 3.63) is 17.8 Å². The van der Waals surface area contributed by atoms with E-state index in [-0.39, 0.29) is 13.2 Å². The van der Waals surface area contributed by atoms with Gasteiger partial charge in [-0.2, -0.15) is 5.26 Å². The molecule has 16 heavy (non-hydrogen) atoms. The van der Waals surface area contributed by atoms with E-state index in [0.29, 0.717) is 17.1 Å². The fourth-order valence-corrected chi connectivity index (χ4v) is 1.16. The van der Waals surface area contributed by atoms with E-state index in [4.69, 9.17) is 15.7 Å². The number of anilines is 2. The van der Waals surface area contributed by atoms with Gasteiger partial charge in [-0.1, -0.05) is 0 Å². The third-order valence-corrected chi connectivity index (χ3v) is 1.91. The van der Waals surface area contributed by atoms with Gasteiger partial charge < -0.3 is 20.9 Å². The lowest BCUT2D eigenvalue weighted by Crippen LogP contribution is -2.24. The van der Waals surface area contributed by atoms with Crippen LogP contribution < -0.4 is 11.1 Å². The van der Waals surface area contributed by atoms with Crippen LogP contribution in [0.5, 0.6) is 0 Å². The smallest absolute Gasteiger partial charge is 0.149 e. The molecule has 1 heterocycles. The Balaban J connectivity index is 2.58. The fourth-order valence-electron chi connectivity index (χ4n) is 1.16. The molecule has 1 aromatic heterocycles. The van der Waals surface area contributed by atoms with Crippen molar-refractivity contribution in [1.29, 1.82) is 5.26 Å². The summed E-state index contributed by atoms with van der Waals surface area (Å²) in [6.45, 7) is 0.528. The first kappa shape index (κ1) is 12.2. The highest BCUT2D eigenvalue weighted by Crippen LogP contribution is 2.15. The molecule has 0 amide bonds. The van der Waals surface area contributed by atoms with Gasteiger partial charge >= 0.3 is 0 Å². The van der Waals surface area contributed by atoms with E-state index in [1.54, 1.807) is 0 Å². The Bertz CT molecular complexity index is 389. The Hall–Kier alpha value is -1.84. The first-order valence-corrected chi connectivity index (χ1v) is 4.74. The number of ether oxygens (including phenoxy) is 1. The lowest BCUT2D eigenvalue weighted by atomic mass is 10.2. The minimum Gasteiger partial charge on any atom is -0.396 e. The van der Waals surface area contributed by atoms with Gasteiger partial charge in [-0.15, -0.1) is 0 Å². The van der Waals surface area contributed by atoms with Gasteiger partial charge in [-0.3, -0.25) is 0 Å². The van der Waals surface area contributed by atoms with E-state index in [9.17, 15) is 5.11 Å². The van der Waals surface area contributed by atoms with Crippen LogP contribution in [0.25, 0.3) is 0 Å². The van der Waals surface area contributed by atoms with Crippen LogP contribution >= 0.6 is 0 Å². The standard InChI is InChI=1S/C10H14N4O2/c1-16-6-8(15)5-14-10-9(12)2-7(3-11)4-13-10/h2,4,8,15H,5-6,12H2,1H3,(H,13,14). The lowest BCUT2D eigenvalue weighted by Gasteiger charge is -2.12. The van der Waals surface area contributed by atoms with Gasteiger partial charge in [0.05, 0.1) is 24.0 Å². The number of aliphatic hydroxyl groups is 1. The minimum absolute atomic E-state index is 0.239. The number of hydrogen-bond donors (Lipinski definition) is 3. The Morgan fingerprint density at radius 3 is 3.06 bits per heavy atom. The summed E-state index contributed by atoms with van der Waals surface area (Å²) in [5, 5.41) is 20.9. The second-order valence-corrected chi connectivity index (χ2v) is 3.26. The predicted octanol–water partition coefficient (Wildman–Crippen LogP) is -0.0453. The van der Waals surface area contributed by atoms with Crippen molar-refractivity contribution in [3.63, 3.8) is 0 Å². The molecule has 6 heteroatoms. The topological polar surface area (TPSA) is 104 Å². The van der Waals surface area contributed by atoms with Crippen LogP contribution in [0.4, 0.5) is 11.5 Å². The van der Waals surface area contributed by atoms with Crippen LogP contribution in [-0.4, -0.2) is 36.5 Å². The summed E-state index contributed by atoms with van der Waals surface area (Å²) < 4.78 is 4.77. The van der Waals surface area contributed by atoms with Gasteiger partial charge in [-0.25, -0.2) is 4.98 Å². The summed E-state index contributed by atoms with van der Waals surface area (Å²) in [7, 11) is 1.51. The number of rotatable bonds is 5. The summed E-state index contributed by atoms with van der Waals surface area (Å²) >= 11 is 0. The fraction of sp³-hybridized carbons (Fsp3) is 0.400. The number of methoxy groups -OCH3 is 1. The van der Waals surface area contributed by atoms with Gasteiger partial charge in [0.2, 0.25) is 0 Å². The van der Waals surface area contributed by atoms with E-state index in [0.717, 1.165) is 0 Å². The molecule has 0 aromatic carbocycles. The van der Waals surface area contributed by atoms with Crippen LogP contribution in [0.15, 0.2) is 12.3 Å². The second-order valence-electron chi connectivity index (χ2n) is 3.26. The molecule has 0 saturated heterocycles. The number of nitrogens with two attached hydrogens (primary N) is 1. The molecule has 0 bridgehead atoms. The number of hydrogen-bond acceptors (Lipinski definition) is 6. The molecule has 1 rings (SSSR count). The Kier molecular flexibility index (Phi) is 4.51. The van der Waals surface area contributed by atoms with E-state index >= 15 is 0 Å². The highest BCUT2D eigenvalue weighted by molar-refractivity contribution is 5.63. The van der Waals surface area contributed by atoms with E-state index in [1.165, 1.54) is 19.4 Å². The molecule has 1 unspecified atom stereocenters. The maximum Gasteiger partial charge on any atom is 0.149 e. The predicted molar refractivity (Wildman–Crippen MR) is 59.7 cm³/mol. The van der Waals surface area contributed by atoms with E-state index in [2.05, 4.69) is 10.3 Å². The summed E-state index contributed by atoms with van der Waals surface area (Å²) in [6.07, 6.45) is 0.795. The first-order chi connectivity index (χ1) is 7.67. The van der Waals surface area contributed by atoms with E-state index in [1.807, 2.05) is 6.07 Å². The molecule has 86 valence electrons. The van der Waals surface area contributed by atoms with Crippen LogP contribution in [0.3, 0.4) is 0 Å². The number of aliphatic hydroxyl groups excluding tert-OH is 1. The number of pyridine rings is 1. The van der Waals surface area contributed by atoms with Crippen LogP contribution in [0.1, 0.15) is 5.56 Å². The third-order valence-electron chi connectivity index (χ3n) is 1.91. The van der Waals surface area contributed by atoms with Gasteiger partial charge in [0.1, 0.15) is 11.9 Å². The van der Waals surface area contributed by atoms with Crippen molar-refractivity contribution >= 4 is 11.5 Å². The lowest BCUT2D eigenvalue weighted by molar-refractivity contribution is 0.0727. The second kappa shape index (κ2) is 5.90. The average Bonchev–Trinajstić information content (AvgIpc) is 2.27. The zero-order valence-corrected chi connectivity index (χ0v) is 8.97. The Morgan fingerprint density at radius 2 is 2.50 bits per heavy atom. The molecule has 0 radical (unpaired) electrons. The largest absolute Gasteiger partial charge is 0.396 e. The minimum atomic E-state index is -0.623. The highest BCUT2D eigenvalue weighted by Gasteiger charge is 2.06. The Morgan fingerprint density at radius 1 is 1.75 bits per heavy atom. The number of nitrogens with zero attached hydrogens (tertiary/aromatic N) is 2. The molecular weight excluding hydrogens is 208 g/mol. The number of aromatic nitrogens is 1. The monoisotopic (exact) mass is 222 g/mol. The quantitative estimate of drug-likeness (QED) is 0.645.